The van der Waals surface area contributed by atoms with Gasteiger partial charge >= 0.3 is 0 Å². The molecule has 0 saturated heterocycles. The van der Waals surface area contributed by atoms with Gasteiger partial charge in [-0.05, 0) is 36.5 Å². The molecule has 0 fully saturated rings. The Bertz CT molecular complexity index is 345. The minimum atomic E-state index is -0.189. The molecule has 1 rings (SSSR count). The Morgan fingerprint density at radius 3 is 2.56 bits per heavy atom. The summed E-state index contributed by atoms with van der Waals surface area (Å²) in [5.74, 6) is 0.392. The maximum Gasteiger partial charge on any atom is 0.168 e. The van der Waals surface area contributed by atoms with Crippen molar-refractivity contribution in [2.75, 3.05) is 6.61 Å². The Hall–Kier alpha value is -1.05. The van der Waals surface area contributed by atoms with Crippen molar-refractivity contribution in [3.63, 3.8) is 0 Å². The van der Waals surface area contributed by atoms with Gasteiger partial charge < -0.3 is 4.74 Å². The van der Waals surface area contributed by atoms with E-state index in [1.807, 2.05) is 26.8 Å². The van der Waals surface area contributed by atoms with E-state index in [2.05, 4.69) is 6.92 Å². The third kappa shape index (κ3) is 2.97. The van der Waals surface area contributed by atoms with Gasteiger partial charge in [-0.25, -0.2) is 4.39 Å². The molecule has 0 spiro atoms. The van der Waals surface area contributed by atoms with Crippen molar-refractivity contribution in [2.24, 2.45) is 0 Å². The number of unbranched alkanes of at least 4 members (excludes halogenated alkanes) is 1. The normalized spacial score (nSPS) is 10.9. The predicted molar refractivity (Wildman–Crippen MR) is 65.6 cm³/mol. The largest absolute Gasteiger partial charge is 0.491 e. The summed E-state index contributed by atoms with van der Waals surface area (Å²) in [6.45, 7) is 8.62. The van der Waals surface area contributed by atoms with Gasteiger partial charge in [0.05, 0.1) is 6.61 Å². The molecular weight excluding hydrogens is 203 g/mol. The highest BCUT2D eigenvalue weighted by Gasteiger charge is 2.14. The lowest BCUT2D eigenvalue weighted by molar-refractivity contribution is 0.292. The van der Waals surface area contributed by atoms with Gasteiger partial charge in [-0.3, -0.25) is 0 Å². The van der Waals surface area contributed by atoms with E-state index < -0.39 is 0 Å². The molecule has 0 aliphatic heterocycles. The molecule has 1 aromatic rings. The molecule has 90 valence electrons. The van der Waals surface area contributed by atoms with Gasteiger partial charge in [-0.2, -0.15) is 0 Å². The number of hydrogen-bond acceptors (Lipinski definition) is 1. The van der Waals surface area contributed by atoms with Crippen LogP contribution in [0, 0.1) is 12.7 Å². The summed E-state index contributed by atoms with van der Waals surface area (Å²) >= 11 is 0. The van der Waals surface area contributed by atoms with Crippen molar-refractivity contribution in [1.29, 1.82) is 0 Å². The molecule has 2 heteroatoms. The molecule has 0 N–H and O–H groups in total. The Kier molecular flexibility index (Phi) is 4.78. The zero-order valence-corrected chi connectivity index (χ0v) is 10.6. The van der Waals surface area contributed by atoms with Crippen LogP contribution >= 0.6 is 0 Å². The van der Waals surface area contributed by atoms with E-state index in [4.69, 9.17) is 4.74 Å². The van der Waals surface area contributed by atoms with Crippen molar-refractivity contribution in [2.45, 2.75) is 46.5 Å². The van der Waals surface area contributed by atoms with Crippen LogP contribution in [-0.4, -0.2) is 6.61 Å². The zero-order chi connectivity index (χ0) is 12.1. The molecular formula is C14H21FO. The highest BCUT2D eigenvalue weighted by atomic mass is 19.1. The van der Waals surface area contributed by atoms with Crippen LogP contribution in [0.25, 0.3) is 0 Å². The SMILES string of the molecule is CCCCOc1ccc(C)c(C(C)C)c1F. The maximum atomic E-state index is 14.1. The summed E-state index contributed by atoms with van der Waals surface area (Å²) in [4.78, 5) is 0. The van der Waals surface area contributed by atoms with E-state index in [1.165, 1.54) is 0 Å². The monoisotopic (exact) mass is 224 g/mol. The lowest BCUT2D eigenvalue weighted by atomic mass is 9.97. The fraction of sp³-hybridized carbons (Fsp3) is 0.571. The first-order valence-electron chi connectivity index (χ1n) is 5.99. The molecule has 16 heavy (non-hydrogen) atoms. The molecule has 0 bridgehead atoms. The van der Waals surface area contributed by atoms with Crippen LogP contribution in [0.15, 0.2) is 12.1 Å². The first kappa shape index (κ1) is 13.0. The molecule has 1 nitrogen and oxygen atoms in total. The van der Waals surface area contributed by atoms with E-state index >= 15 is 0 Å². The maximum absolute atomic E-state index is 14.1. The van der Waals surface area contributed by atoms with Crippen LogP contribution in [0.5, 0.6) is 5.75 Å². The van der Waals surface area contributed by atoms with Crippen molar-refractivity contribution in [3.05, 3.63) is 29.1 Å². The molecule has 0 aliphatic carbocycles. The van der Waals surface area contributed by atoms with E-state index in [1.54, 1.807) is 6.07 Å². The van der Waals surface area contributed by atoms with Crippen LogP contribution in [0.2, 0.25) is 0 Å². The second-order valence-corrected chi connectivity index (χ2v) is 4.46. The first-order valence-corrected chi connectivity index (χ1v) is 5.99. The highest BCUT2D eigenvalue weighted by molar-refractivity contribution is 5.38. The number of benzene rings is 1. The van der Waals surface area contributed by atoms with Gasteiger partial charge in [0, 0.05) is 0 Å². The topological polar surface area (TPSA) is 9.23 Å². The minimum absolute atomic E-state index is 0.189. The fourth-order valence-electron chi connectivity index (χ4n) is 1.82. The minimum Gasteiger partial charge on any atom is -0.491 e. The molecule has 0 unspecified atom stereocenters. The fourth-order valence-corrected chi connectivity index (χ4v) is 1.82. The van der Waals surface area contributed by atoms with Gasteiger partial charge in [0.2, 0.25) is 0 Å². The van der Waals surface area contributed by atoms with Gasteiger partial charge in [0.25, 0.3) is 0 Å². The summed E-state index contributed by atoms with van der Waals surface area (Å²) < 4.78 is 19.5. The summed E-state index contributed by atoms with van der Waals surface area (Å²) in [5, 5.41) is 0. The van der Waals surface area contributed by atoms with Gasteiger partial charge in [0.15, 0.2) is 11.6 Å². The summed E-state index contributed by atoms with van der Waals surface area (Å²) in [7, 11) is 0. The van der Waals surface area contributed by atoms with Crippen LogP contribution in [0.1, 0.15) is 50.7 Å². The van der Waals surface area contributed by atoms with Crippen molar-refractivity contribution in [1.82, 2.24) is 0 Å². The third-order valence-electron chi connectivity index (χ3n) is 2.70. The standard InChI is InChI=1S/C14H21FO/c1-5-6-9-16-12-8-7-11(4)13(10(2)3)14(12)15/h7-8,10H,5-6,9H2,1-4H3. The number of rotatable bonds is 5. The lowest BCUT2D eigenvalue weighted by Gasteiger charge is -2.14. The van der Waals surface area contributed by atoms with Crippen molar-refractivity contribution in [3.8, 4) is 5.75 Å². The molecule has 0 radical (unpaired) electrons. The number of hydrogen-bond donors (Lipinski definition) is 0. The average molecular weight is 224 g/mol. The Labute approximate surface area is 97.6 Å². The van der Waals surface area contributed by atoms with Gasteiger partial charge in [0.1, 0.15) is 0 Å². The Balaban J connectivity index is 2.90. The van der Waals surface area contributed by atoms with Gasteiger partial charge in [-0.15, -0.1) is 0 Å². The van der Waals surface area contributed by atoms with Crippen LogP contribution in [0.4, 0.5) is 4.39 Å². The summed E-state index contributed by atoms with van der Waals surface area (Å²) in [5.41, 5.74) is 1.77. The molecule has 0 atom stereocenters. The lowest BCUT2D eigenvalue weighted by Crippen LogP contribution is -2.03. The number of ether oxygens (including phenoxy) is 1. The molecule has 0 aliphatic rings. The number of halogens is 1. The smallest absolute Gasteiger partial charge is 0.168 e. The van der Waals surface area contributed by atoms with E-state index in [0.717, 1.165) is 24.0 Å². The van der Waals surface area contributed by atoms with Crippen molar-refractivity contribution >= 4 is 0 Å². The number of aryl methyl sites for hydroxylation is 1. The van der Waals surface area contributed by atoms with Crippen LogP contribution in [-0.2, 0) is 0 Å². The Morgan fingerprint density at radius 1 is 1.31 bits per heavy atom. The predicted octanol–water partition coefficient (Wildman–Crippen LogP) is 4.44. The Morgan fingerprint density at radius 2 is 2.00 bits per heavy atom. The van der Waals surface area contributed by atoms with E-state index in [9.17, 15) is 4.39 Å². The van der Waals surface area contributed by atoms with E-state index in [0.29, 0.717) is 12.4 Å². The molecule has 0 saturated carbocycles. The summed E-state index contributed by atoms with van der Waals surface area (Å²) in [6.07, 6.45) is 2.02. The van der Waals surface area contributed by atoms with E-state index in [-0.39, 0.29) is 11.7 Å². The second-order valence-electron chi connectivity index (χ2n) is 4.46. The molecule has 1 aromatic carbocycles. The molecule has 0 amide bonds. The third-order valence-corrected chi connectivity index (χ3v) is 2.70. The summed E-state index contributed by atoms with van der Waals surface area (Å²) in [6, 6.07) is 3.66. The van der Waals surface area contributed by atoms with Crippen molar-refractivity contribution < 1.29 is 9.13 Å². The first-order chi connectivity index (χ1) is 7.57. The van der Waals surface area contributed by atoms with Gasteiger partial charge in [-0.1, -0.05) is 33.3 Å². The highest BCUT2D eigenvalue weighted by Crippen LogP contribution is 2.29. The molecule has 0 aromatic heterocycles. The zero-order valence-electron chi connectivity index (χ0n) is 10.6. The van der Waals surface area contributed by atoms with Crippen LogP contribution in [0.3, 0.4) is 0 Å². The molecule has 0 heterocycles. The average Bonchev–Trinajstić information content (AvgIpc) is 2.21. The quantitative estimate of drug-likeness (QED) is 0.672. The second kappa shape index (κ2) is 5.88. The van der Waals surface area contributed by atoms with Crippen LogP contribution < -0.4 is 4.74 Å².